The molecule has 0 aliphatic carbocycles. The number of hydrogen-bond acceptors (Lipinski definition) is 2. The molecule has 6 heteroatoms. The minimum Gasteiger partial charge on any atom is -0.377 e. The standard InChI is InChI=1S/C15H14BrF3N2/c16-12-7-11(4-5-13(12)17)21-14(8-20)9-2-1-3-10(6-9)15(18)19/h1-7,14-15,21H,8,20H2. The molecule has 0 heterocycles. The van der Waals surface area contributed by atoms with Gasteiger partial charge in [0.25, 0.3) is 6.43 Å². The summed E-state index contributed by atoms with van der Waals surface area (Å²) in [4.78, 5) is 0. The van der Waals surface area contributed by atoms with Gasteiger partial charge in [-0.05, 0) is 45.8 Å². The molecule has 0 aliphatic heterocycles. The molecule has 0 radical (unpaired) electrons. The Morgan fingerprint density at radius 3 is 2.43 bits per heavy atom. The van der Waals surface area contributed by atoms with Gasteiger partial charge in [0.2, 0.25) is 0 Å². The zero-order chi connectivity index (χ0) is 15.4. The summed E-state index contributed by atoms with van der Waals surface area (Å²) in [7, 11) is 0. The summed E-state index contributed by atoms with van der Waals surface area (Å²) in [5, 5.41) is 3.11. The van der Waals surface area contributed by atoms with Gasteiger partial charge in [-0.15, -0.1) is 0 Å². The summed E-state index contributed by atoms with van der Waals surface area (Å²) >= 11 is 3.10. The van der Waals surface area contributed by atoms with Crippen molar-refractivity contribution < 1.29 is 13.2 Å². The summed E-state index contributed by atoms with van der Waals surface area (Å²) in [5.41, 5.74) is 6.98. The van der Waals surface area contributed by atoms with Crippen molar-refractivity contribution in [3.8, 4) is 0 Å². The van der Waals surface area contributed by atoms with E-state index >= 15 is 0 Å². The fourth-order valence-electron chi connectivity index (χ4n) is 1.98. The van der Waals surface area contributed by atoms with Crippen LogP contribution in [-0.4, -0.2) is 6.54 Å². The first-order valence-corrected chi connectivity index (χ1v) is 7.10. The second-order valence-corrected chi connectivity index (χ2v) is 5.39. The van der Waals surface area contributed by atoms with Crippen LogP contribution in [0.2, 0.25) is 0 Å². The molecule has 1 unspecified atom stereocenters. The molecule has 0 fully saturated rings. The Labute approximate surface area is 129 Å². The van der Waals surface area contributed by atoms with Crippen molar-refractivity contribution >= 4 is 21.6 Å². The molecule has 0 saturated heterocycles. The van der Waals surface area contributed by atoms with Gasteiger partial charge >= 0.3 is 0 Å². The fraction of sp³-hybridized carbons (Fsp3) is 0.200. The minimum absolute atomic E-state index is 0.0481. The van der Waals surface area contributed by atoms with Gasteiger partial charge in [-0.25, -0.2) is 13.2 Å². The second kappa shape index (κ2) is 6.95. The first-order chi connectivity index (χ1) is 10.0. The van der Waals surface area contributed by atoms with Gasteiger partial charge in [-0.3, -0.25) is 0 Å². The van der Waals surface area contributed by atoms with E-state index in [4.69, 9.17) is 5.73 Å². The average molecular weight is 359 g/mol. The summed E-state index contributed by atoms with van der Waals surface area (Å²) in [6, 6.07) is 10.2. The van der Waals surface area contributed by atoms with E-state index in [1.807, 2.05) is 0 Å². The molecule has 2 aromatic carbocycles. The SMILES string of the molecule is NCC(Nc1ccc(F)c(Br)c1)c1cccc(C(F)F)c1. The van der Waals surface area contributed by atoms with Crippen LogP contribution in [0.25, 0.3) is 0 Å². The lowest BCUT2D eigenvalue weighted by molar-refractivity contribution is 0.151. The normalized spacial score (nSPS) is 12.5. The Hall–Kier alpha value is -1.53. The highest BCUT2D eigenvalue weighted by Gasteiger charge is 2.14. The van der Waals surface area contributed by atoms with Gasteiger partial charge in [0.15, 0.2) is 0 Å². The third kappa shape index (κ3) is 3.98. The van der Waals surface area contributed by atoms with E-state index in [0.29, 0.717) is 15.7 Å². The predicted molar refractivity (Wildman–Crippen MR) is 80.9 cm³/mol. The van der Waals surface area contributed by atoms with Gasteiger partial charge in [0, 0.05) is 17.8 Å². The number of alkyl halides is 2. The Morgan fingerprint density at radius 1 is 1.10 bits per heavy atom. The highest BCUT2D eigenvalue weighted by molar-refractivity contribution is 9.10. The third-order valence-electron chi connectivity index (χ3n) is 3.06. The predicted octanol–water partition coefficient (Wildman–Crippen LogP) is 4.64. The van der Waals surface area contributed by atoms with Crippen molar-refractivity contribution in [1.82, 2.24) is 0 Å². The van der Waals surface area contributed by atoms with Crippen LogP contribution in [-0.2, 0) is 0 Å². The lowest BCUT2D eigenvalue weighted by Crippen LogP contribution is -2.20. The first kappa shape index (κ1) is 15.9. The monoisotopic (exact) mass is 358 g/mol. The Balaban J connectivity index is 2.23. The van der Waals surface area contributed by atoms with E-state index in [9.17, 15) is 13.2 Å². The average Bonchev–Trinajstić information content (AvgIpc) is 2.48. The maximum absolute atomic E-state index is 13.2. The molecule has 112 valence electrons. The van der Waals surface area contributed by atoms with Gasteiger partial charge < -0.3 is 11.1 Å². The molecular formula is C15H14BrF3N2. The van der Waals surface area contributed by atoms with Crippen molar-refractivity contribution in [3.63, 3.8) is 0 Å². The van der Waals surface area contributed by atoms with E-state index in [1.165, 1.54) is 18.2 Å². The van der Waals surface area contributed by atoms with Crippen LogP contribution in [0.3, 0.4) is 0 Å². The number of benzene rings is 2. The molecule has 2 rings (SSSR count). The lowest BCUT2D eigenvalue weighted by Gasteiger charge is -2.19. The summed E-state index contributed by atoms with van der Waals surface area (Å²) in [5.74, 6) is -0.371. The molecule has 0 saturated carbocycles. The molecule has 0 aliphatic rings. The largest absolute Gasteiger partial charge is 0.377 e. The third-order valence-corrected chi connectivity index (χ3v) is 3.67. The van der Waals surface area contributed by atoms with Crippen molar-refractivity contribution in [1.29, 1.82) is 0 Å². The molecular weight excluding hydrogens is 345 g/mol. The smallest absolute Gasteiger partial charge is 0.263 e. The van der Waals surface area contributed by atoms with Gasteiger partial charge in [-0.2, -0.15) is 0 Å². The number of nitrogens with one attached hydrogen (secondary N) is 1. The van der Waals surface area contributed by atoms with E-state index in [2.05, 4.69) is 21.2 Å². The number of hydrogen-bond donors (Lipinski definition) is 2. The topological polar surface area (TPSA) is 38.0 Å². The first-order valence-electron chi connectivity index (χ1n) is 6.31. The molecule has 0 spiro atoms. The van der Waals surface area contributed by atoms with Gasteiger partial charge in [0.05, 0.1) is 10.5 Å². The summed E-state index contributed by atoms with van der Waals surface area (Å²) < 4.78 is 39.0. The quantitative estimate of drug-likeness (QED) is 0.817. The molecule has 0 bridgehead atoms. The molecule has 21 heavy (non-hydrogen) atoms. The van der Waals surface area contributed by atoms with E-state index in [1.54, 1.807) is 24.3 Å². The van der Waals surface area contributed by atoms with Gasteiger partial charge in [-0.1, -0.05) is 18.2 Å². The van der Waals surface area contributed by atoms with Crippen LogP contribution in [0, 0.1) is 5.82 Å². The Morgan fingerprint density at radius 2 is 1.81 bits per heavy atom. The maximum Gasteiger partial charge on any atom is 0.263 e. The number of rotatable bonds is 5. The molecule has 2 aromatic rings. The number of halogens is 4. The molecule has 0 amide bonds. The second-order valence-electron chi connectivity index (χ2n) is 4.53. The number of nitrogens with two attached hydrogens (primary N) is 1. The summed E-state index contributed by atoms with van der Waals surface area (Å²) in [6.45, 7) is 0.224. The Bertz CT molecular complexity index is 620. The molecule has 3 N–H and O–H groups in total. The van der Waals surface area contributed by atoms with Crippen LogP contribution < -0.4 is 11.1 Å². The van der Waals surface area contributed by atoms with E-state index in [-0.39, 0.29) is 24.0 Å². The van der Waals surface area contributed by atoms with Crippen molar-refractivity contribution in [2.24, 2.45) is 5.73 Å². The lowest BCUT2D eigenvalue weighted by atomic mass is 10.0. The zero-order valence-corrected chi connectivity index (χ0v) is 12.6. The maximum atomic E-state index is 13.2. The summed E-state index contributed by atoms with van der Waals surface area (Å²) in [6.07, 6.45) is -2.52. The zero-order valence-electron chi connectivity index (χ0n) is 11.0. The van der Waals surface area contributed by atoms with E-state index < -0.39 is 6.43 Å². The van der Waals surface area contributed by atoms with Crippen LogP contribution >= 0.6 is 15.9 Å². The minimum atomic E-state index is -2.52. The molecule has 0 aromatic heterocycles. The van der Waals surface area contributed by atoms with Crippen molar-refractivity contribution in [3.05, 3.63) is 63.9 Å². The van der Waals surface area contributed by atoms with Crippen LogP contribution in [0.4, 0.5) is 18.9 Å². The molecule has 1 atom stereocenters. The number of anilines is 1. The van der Waals surface area contributed by atoms with Crippen LogP contribution in [0.15, 0.2) is 46.9 Å². The highest BCUT2D eigenvalue weighted by Crippen LogP contribution is 2.26. The van der Waals surface area contributed by atoms with Crippen molar-refractivity contribution in [2.45, 2.75) is 12.5 Å². The highest BCUT2D eigenvalue weighted by atomic mass is 79.9. The van der Waals surface area contributed by atoms with E-state index in [0.717, 1.165) is 0 Å². The van der Waals surface area contributed by atoms with Crippen LogP contribution in [0.5, 0.6) is 0 Å². The van der Waals surface area contributed by atoms with Gasteiger partial charge in [0.1, 0.15) is 5.82 Å². The fourth-order valence-corrected chi connectivity index (χ4v) is 2.36. The molecule has 2 nitrogen and oxygen atoms in total. The Kier molecular flexibility index (Phi) is 5.25. The van der Waals surface area contributed by atoms with Crippen LogP contribution in [0.1, 0.15) is 23.6 Å². The van der Waals surface area contributed by atoms with Crippen molar-refractivity contribution in [2.75, 3.05) is 11.9 Å².